The first kappa shape index (κ1) is 45.2. The van der Waals surface area contributed by atoms with Gasteiger partial charge in [0.1, 0.15) is 22.8 Å². The van der Waals surface area contributed by atoms with Crippen LogP contribution >= 0.6 is 11.6 Å². The standard InChI is InChI=1S/C19H18FN3O3.C11H15BFNO4.C8H5ClN2O.CH4/c1-19(2,3)26-18(25)21-15-9-8-11(10-14(15)20)16-12-6-4-5-7-13(12)17(24)23-22-16;1-11(2,3)18-10(15)14-9-5-4-7(12(16)17)6-8(9)13;9-7-5-3-1-2-4-6(5)8(12)11-10-7;/h4-10H,1-3H3,(H,21,25)(H,23,24);4-6,16-17H,1-3H3,(H,14,15);1-4H,(H,11,12);1H4. The Labute approximate surface area is 331 Å². The van der Waals surface area contributed by atoms with Crippen LogP contribution in [0.2, 0.25) is 5.15 Å². The third kappa shape index (κ3) is 13.0. The fourth-order valence-electron chi connectivity index (χ4n) is 4.80. The van der Waals surface area contributed by atoms with Gasteiger partial charge in [-0.1, -0.05) is 67.6 Å². The van der Waals surface area contributed by atoms with Gasteiger partial charge in [0.25, 0.3) is 11.1 Å². The largest absolute Gasteiger partial charge is 0.488 e. The second-order valence-electron chi connectivity index (χ2n) is 13.9. The fraction of sp³-hybridized carbons (Fsp3) is 0.231. The molecule has 0 unspecified atom stereocenters. The summed E-state index contributed by atoms with van der Waals surface area (Å²) in [6, 6.07) is 21.8. The van der Waals surface area contributed by atoms with E-state index in [1.807, 2.05) is 6.07 Å². The van der Waals surface area contributed by atoms with Crippen LogP contribution in [-0.4, -0.2) is 60.9 Å². The molecule has 14 nitrogen and oxygen atoms in total. The third-order valence-electron chi connectivity index (χ3n) is 7.15. The number of carbonyl (C=O) groups is 2. The lowest BCUT2D eigenvalue weighted by Crippen LogP contribution is -2.31. The maximum absolute atomic E-state index is 14.4. The Morgan fingerprint density at radius 1 is 0.684 bits per heavy atom. The number of nitrogens with zero attached hydrogens (tertiary/aromatic N) is 2. The first-order valence-corrected chi connectivity index (χ1v) is 17.2. The molecular weight excluding hydrogens is 765 g/mol. The van der Waals surface area contributed by atoms with Crippen LogP contribution in [0.5, 0.6) is 0 Å². The molecule has 0 aliphatic carbocycles. The number of hydrogen-bond acceptors (Lipinski definition) is 10. The molecule has 0 spiro atoms. The summed E-state index contributed by atoms with van der Waals surface area (Å²) in [5, 5.41) is 37.4. The number of amides is 2. The molecule has 0 atom stereocenters. The second-order valence-corrected chi connectivity index (χ2v) is 14.3. The van der Waals surface area contributed by atoms with Gasteiger partial charge < -0.3 is 19.5 Å². The van der Waals surface area contributed by atoms with Crippen molar-refractivity contribution < 1.29 is 37.9 Å². The van der Waals surface area contributed by atoms with Gasteiger partial charge in [-0.15, -0.1) is 0 Å². The van der Waals surface area contributed by atoms with Crippen molar-refractivity contribution in [3.63, 3.8) is 0 Å². The number of carbonyl (C=O) groups excluding carboxylic acids is 2. The summed E-state index contributed by atoms with van der Waals surface area (Å²) in [6.07, 6.45) is -1.52. The van der Waals surface area contributed by atoms with Crippen molar-refractivity contribution in [1.82, 2.24) is 20.4 Å². The molecule has 0 fully saturated rings. The molecule has 300 valence electrons. The van der Waals surface area contributed by atoms with Crippen LogP contribution in [0, 0.1) is 11.6 Å². The van der Waals surface area contributed by atoms with Gasteiger partial charge in [-0.3, -0.25) is 20.2 Å². The van der Waals surface area contributed by atoms with E-state index in [0.717, 1.165) is 6.07 Å². The van der Waals surface area contributed by atoms with E-state index in [1.54, 1.807) is 90.1 Å². The van der Waals surface area contributed by atoms with Crippen molar-refractivity contribution in [2.45, 2.75) is 60.2 Å². The van der Waals surface area contributed by atoms with E-state index in [9.17, 15) is 28.0 Å². The average Bonchev–Trinajstić information content (AvgIpc) is 3.11. The lowest BCUT2D eigenvalue weighted by atomic mass is 9.80. The zero-order valence-electron chi connectivity index (χ0n) is 31.0. The van der Waals surface area contributed by atoms with Gasteiger partial charge in [0.05, 0.1) is 27.8 Å². The Hall–Kier alpha value is -6.17. The van der Waals surface area contributed by atoms with E-state index in [1.165, 1.54) is 24.3 Å². The molecule has 6 N–H and O–H groups in total. The minimum absolute atomic E-state index is 0. The molecule has 2 amide bonds. The van der Waals surface area contributed by atoms with E-state index in [-0.39, 0.29) is 35.4 Å². The third-order valence-corrected chi connectivity index (χ3v) is 7.44. The van der Waals surface area contributed by atoms with E-state index in [2.05, 4.69) is 31.0 Å². The van der Waals surface area contributed by atoms with Gasteiger partial charge in [-0.05, 0) is 83.4 Å². The van der Waals surface area contributed by atoms with Gasteiger partial charge >= 0.3 is 19.3 Å². The number of halogens is 3. The van der Waals surface area contributed by atoms with Crippen LogP contribution in [0.4, 0.5) is 29.7 Å². The van der Waals surface area contributed by atoms with E-state index < -0.39 is 42.1 Å². The summed E-state index contributed by atoms with van der Waals surface area (Å²) in [6.45, 7) is 10.2. The molecule has 2 heterocycles. The molecular formula is C39H42BClF2N6O8. The highest BCUT2D eigenvalue weighted by atomic mass is 35.5. The number of hydrogen-bond donors (Lipinski definition) is 6. The molecule has 2 aromatic heterocycles. The van der Waals surface area contributed by atoms with Gasteiger partial charge in [0, 0.05) is 16.3 Å². The number of fused-ring (bicyclic) bond motifs is 2. The molecule has 0 aliphatic rings. The van der Waals surface area contributed by atoms with Gasteiger partial charge in [0.2, 0.25) is 0 Å². The van der Waals surface area contributed by atoms with Crippen molar-refractivity contribution in [2.75, 3.05) is 10.6 Å². The molecule has 18 heteroatoms. The number of aromatic nitrogens is 4. The molecule has 0 radical (unpaired) electrons. The van der Waals surface area contributed by atoms with Crippen LogP contribution in [-0.2, 0) is 9.47 Å². The van der Waals surface area contributed by atoms with Gasteiger partial charge in [-0.2, -0.15) is 10.2 Å². The zero-order valence-corrected chi connectivity index (χ0v) is 31.8. The number of ether oxygens (including phenoxy) is 2. The Balaban J connectivity index is 0.000000244. The van der Waals surface area contributed by atoms with Crippen molar-refractivity contribution in [2.24, 2.45) is 0 Å². The van der Waals surface area contributed by atoms with Crippen LogP contribution in [0.25, 0.3) is 32.8 Å². The summed E-state index contributed by atoms with van der Waals surface area (Å²) in [7, 11) is -1.75. The topological polar surface area (TPSA) is 209 Å². The number of rotatable bonds is 4. The summed E-state index contributed by atoms with van der Waals surface area (Å²) < 4.78 is 38.0. The SMILES string of the molecule is C.CC(C)(C)OC(=O)Nc1ccc(-c2n[nH]c(=O)c3ccccc23)cc1F.CC(C)(C)OC(=O)Nc1ccc(B(O)O)cc1F.O=c1[nH]nc(Cl)c2ccccc12. The van der Waals surface area contributed by atoms with Crippen molar-refractivity contribution in [3.8, 4) is 11.3 Å². The Morgan fingerprint density at radius 2 is 1.12 bits per heavy atom. The molecule has 6 aromatic rings. The summed E-state index contributed by atoms with van der Waals surface area (Å²) in [5.74, 6) is -1.41. The van der Waals surface area contributed by atoms with Crippen molar-refractivity contribution in [1.29, 1.82) is 0 Å². The highest BCUT2D eigenvalue weighted by Gasteiger charge is 2.20. The van der Waals surface area contributed by atoms with E-state index >= 15 is 0 Å². The quantitative estimate of drug-likeness (QED) is 0.0992. The molecule has 0 aliphatic heterocycles. The van der Waals surface area contributed by atoms with Gasteiger partial charge in [0.15, 0.2) is 5.15 Å². The van der Waals surface area contributed by atoms with Crippen molar-refractivity contribution >= 4 is 69.3 Å². The lowest BCUT2D eigenvalue weighted by molar-refractivity contribution is 0.0624. The Morgan fingerprint density at radius 3 is 1.58 bits per heavy atom. The fourth-order valence-corrected chi connectivity index (χ4v) is 5.01. The molecule has 0 saturated carbocycles. The minimum Gasteiger partial charge on any atom is -0.444 e. The average molecular weight is 807 g/mol. The minimum atomic E-state index is -1.75. The first-order valence-electron chi connectivity index (χ1n) is 16.8. The Bertz CT molecular complexity index is 2490. The number of aromatic amines is 2. The van der Waals surface area contributed by atoms with Crippen LogP contribution in [0.1, 0.15) is 49.0 Å². The maximum atomic E-state index is 14.4. The van der Waals surface area contributed by atoms with Crippen LogP contribution in [0.3, 0.4) is 0 Å². The van der Waals surface area contributed by atoms with E-state index in [0.29, 0.717) is 38.0 Å². The second kappa shape index (κ2) is 19.1. The monoisotopic (exact) mass is 806 g/mol. The smallest absolute Gasteiger partial charge is 0.444 e. The molecule has 4 aromatic carbocycles. The zero-order chi connectivity index (χ0) is 41.4. The predicted octanol–water partition coefficient (Wildman–Crippen LogP) is 7.14. The highest BCUT2D eigenvalue weighted by molar-refractivity contribution is 6.58. The first-order chi connectivity index (χ1) is 26.2. The lowest BCUT2D eigenvalue weighted by Gasteiger charge is -2.20. The molecule has 57 heavy (non-hydrogen) atoms. The maximum Gasteiger partial charge on any atom is 0.488 e. The van der Waals surface area contributed by atoms with Crippen LogP contribution in [0.15, 0.2) is 94.5 Å². The predicted molar refractivity (Wildman–Crippen MR) is 218 cm³/mol. The summed E-state index contributed by atoms with van der Waals surface area (Å²) in [4.78, 5) is 46.2. The summed E-state index contributed by atoms with van der Waals surface area (Å²) >= 11 is 5.75. The van der Waals surface area contributed by atoms with Gasteiger partial charge in [-0.25, -0.2) is 28.6 Å². The highest BCUT2D eigenvalue weighted by Crippen LogP contribution is 2.27. The molecule has 0 bridgehead atoms. The number of benzene rings is 4. The number of H-pyrrole nitrogens is 2. The molecule has 0 saturated heterocycles. The number of nitrogens with one attached hydrogen (secondary N) is 4. The number of anilines is 2. The summed E-state index contributed by atoms with van der Waals surface area (Å²) in [5.41, 5.74) is -1.05. The van der Waals surface area contributed by atoms with Crippen molar-refractivity contribution in [3.05, 3.63) is 122 Å². The molecule has 6 rings (SSSR count). The normalized spacial score (nSPS) is 10.9. The van der Waals surface area contributed by atoms with E-state index in [4.69, 9.17) is 31.1 Å². The Kier molecular flexibility index (Phi) is 15.2. The van der Waals surface area contributed by atoms with Crippen LogP contribution < -0.4 is 27.2 Å².